The van der Waals surface area contributed by atoms with Gasteiger partial charge in [-0.05, 0) is 63.1 Å². The van der Waals surface area contributed by atoms with Crippen molar-refractivity contribution >= 4 is 34.0 Å². The minimum atomic E-state index is -0.887. The van der Waals surface area contributed by atoms with Gasteiger partial charge in [-0.1, -0.05) is 42.5 Å². The lowest BCUT2D eigenvalue weighted by Gasteiger charge is -2.16. The second-order valence-electron chi connectivity index (χ2n) is 9.75. The van der Waals surface area contributed by atoms with E-state index in [1.54, 1.807) is 48.7 Å². The predicted molar refractivity (Wildman–Crippen MR) is 150 cm³/mol. The molecule has 3 aromatic carbocycles. The minimum absolute atomic E-state index is 0.0991. The molecule has 11 nitrogen and oxygen atoms in total. The summed E-state index contributed by atoms with van der Waals surface area (Å²) in [7, 11) is 1.85. The summed E-state index contributed by atoms with van der Waals surface area (Å²) < 4.78 is 18.5. The zero-order valence-electron chi connectivity index (χ0n) is 22.3. The Hall–Kier alpha value is -5.71. The lowest BCUT2D eigenvalue weighted by Crippen LogP contribution is -2.27. The van der Waals surface area contributed by atoms with Crippen LogP contribution in [0.25, 0.3) is 22.1 Å². The van der Waals surface area contributed by atoms with Gasteiger partial charge in [0.25, 0.3) is 0 Å². The van der Waals surface area contributed by atoms with Crippen molar-refractivity contribution < 1.29 is 28.6 Å². The molecule has 0 spiro atoms. The van der Waals surface area contributed by atoms with Crippen molar-refractivity contribution in [3.63, 3.8) is 0 Å². The summed E-state index contributed by atoms with van der Waals surface area (Å²) in [6.07, 6.45) is 3.41. The van der Waals surface area contributed by atoms with Gasteiger partial charge in [-0.25, -0.2) is 14.6 Å². The molecule has 3 aromatic heterocycles. The average Bonchev–Trinajstić information content (AvgIpc) is 3.74. The topological polar surface area (TPSA) is 120 Å². The van der Waals surface area contributed by atoms with E-state index in [9.17, 15) is 9.59 Å². The first-order chi connectivity index (χ1) is 20.5. The fourth-order valence-electron chi connectivity index (χ4n) is 5.06. The Labute approximate surface area is 238 Å². The Morgan fingerprint density at radius 1 is 0.976 bits per heavy atom. The monoisotopic (exact) mass is 561 g/mol. The highest BCUT2D eigenvalue weighted by Gasteiger charge is 2.31. The van der Waals surface area contributed by atoms with Crippen molar-refractivity contribution in [1.82, 2.24) is 24.7 Å². The van der Waals surface area contributed by atoms with Crippen LogP contribution in [0.15, 0.2) is 91.3 Å². The quantitative estimate of drug-likeness (QED) is 0.209. The van der Waals surface area contributed by atoms with Crippen LogP contribution in [0.4, 0.5) is 0 Å². The zero-order chi connectivity index (χ0) is 28.6. The normalized spacial score (nSPS) is 12.9. The maximum atomic E-state index is 13.9. The molecular formula is C31H23N5O6. The summed E-state index contributed by atoms with van der Waals surface area (Å²) in [6.45, 7) is 0.266. The number of benzene rings is 3. The number of carbonyl (C=O) groups is 2. The molecular weight excluding hydrogens is 538 g/mol. The Bertz CT molecular complexity index is 1970. The van der Waals surface area contributed by atoms with Gasteiger partial charge < -0.3 is 23.6 Å². The largest absolute Gasteiger partial charge is 0.457 e. The van der Waals surface area contributed by atoms with Crippen LogP contribution in [0.3, 0.4) is 0 Å². The lowest BCUT2D eigenvalue weighted by atomic mass is 9.90. The number of ether oxygens (including phenoxy) is 3. The van der Waals surface area contributed by atoms with Crippen LogP contribution in [0.2, 0.25) is 0 Å². The number of carbonyl (C=O) groups excluding carboxylic acids is 2. The maximum Gasteiger partial charge on any atom is 0.346 e. The number of aromatic nitrogens is 5. The molecule has 4 heterocycles. The number of rotatable bonds is 7. The van der Waals surface area contributed by atoms with Crippen LogP contribution in [-0.2, 0) is 23.2 Å². The molecule has 0 saturated carbocycles. The van der Waals surface area contributed by atoms with Crippen molar-refractivity contribution in [3.05, 3.63) is 114 Å². The summed E-state index contributed by atoms with van der Waals surface area (Å²) >= 11 is 0. The number of aryl methyl sites for hydroxylation is 1. The van der Waals surface area contributed by atoms with Gasteiger partial charge in [0.15, 0.2) is 11.5 Å². The third-order valence-corrected chi connectivity index (χ3v) is 7.10. The Morgan fingerprint density at radius 3 is 2.71 bits per heavy atom. The van der Waals surface area contributed by atoms with Crippen molar-refractivity contribution in [2.45, 2.75) is 12.5 Å². The first-order valence-electron chi connectivity index (χ1n) is 13.1. The molecule has 1 atom stereocenters. The zero-order valence-corrected chi connectivity index (χ0v) is 22.3. The fourth-order valence-corrected chi connectivity index (χ4v) is 5.06. The second-order valence-corrected chi connectivity index (χ2v) is 9.75. The molecule has 0 bridgehead atoms. The van der Waals surface area contributed by atoms with E-state index in [0.717, 1.165) is 21.3 Å². The van der Waals surface area contributed by atoms with E-state index in [-0.39, 0.29) is 13.4 Å². The van der Waals surface area contributed by atoms with Gasteiger partial charge in [-0.2, -0.15) is 0 Å². The van der Waals surface area contributed by atoms with Gasteiger partial charge in [-0.3, -0.25) is 0 Å². The second kappa shape index (κ2) is 10.4. The van der Waals surface area contributed by atoms with Gasteiger partial charge in [-0.15, -0.1) is 5.10 Å². The van der Waals surface area contributed by atoms with E-state index in [1.165, 1.54) is 0 Å². The van der Waals surface area contributed by atoms with E-state index in [2.05, 4.69) is 15.3 Å². The standard InChI is InChI=1S/C31H23N5O6/c1-35-16-23(22-11-9-21(14-25(22)35)30(37)39-17-19-6-3-2-4-7-19)28(20-10-12-26-27(15-20)41-18-40-26)31(38)42-36-29-24(33-34-36)8-5-13-32-29/h2-16,28H,17-18H2,1H3/t28-/m0/s1. The predicted octanol–water partition coefficient (Wildman–Crippen LogP) is 4.19. The highest BCUT2D eigenvalue weighted by atomic mass is 16.7. The van der Waals surface area contributed by atoms with Gasteiger partial charge >= 0.3 is 11.9 Å². The number of hydrogen-bond donors (Lipinski definition) is 0. The first-order valence-corrected chi connectivity index (χ1v) is 13.1. The fraction of sp³-hybridized carbons (Fsp3) is 0.129. The minimum Gasteiger partial charge on any atom is -0.457 e. The number of pyridine rings is 1. The van der Waals surface area contributed by atoms with Crippen LogP contribution in [0.1, 0.15) is 33.0 Å². The highest BCUT2D eigenvalue weighted by Crippen LogP contribution is 2.39. The molecule has 208 valence electrons. The van der Waals surface area contributed by atoms with Gasteiger partial charge in [0.1, 0.15) is 18.0 Å². The van der Waals surface area contributed by atoms with Crippen molar-refractivity contribution in [2.24, 2.45) is 7.05 Å². The molecule has 1 aliphatic heterocycles. The van der Waals surface area contributed by atoms with E-state index < -0.39 is 17.9 Å². The van der Waals surface area contributed by atoms with E-state index in [0.29, 0.717) is 39.4 Å². The molecule has 0 N–H and O–H groups in total. The Kier molecular flexibility index (Phi) is 6.23. The van der Waals surface area contributed by atoms with Gasteiger partial charge in [0.2, 0.25) is 12.4 Å². The van der Waals surface area contributed by atoms with Crippen LogP contribution in [-0.4, -0.2) is 43.4 Å². The molecule has 7 rings (SSSR count). The Balaban J connectivity index is 1.25. The Morgan fingerprint density at radius 2 is 1.83 bits per heavy atom. The van der Waals surface area contributed by atoms with Crippen molar-refractivity contribution in [1.29, 1.82) is 0 Å². The summed E-state index contributed by atoms with van der Waals surface area (Å²) in [4.78, 5) is 37.8. The third-order valence-electron chi connectivity index (χ3n) is 7.10. The van der Waals surface area contributed by atoms with Crippen LogP contribution in [0.5, 0.6) is 11.5 Å². The van der Waals surface area contributed by atoms with Gasteiger partial charge in [0.05, 0.1) is 5.56 Å². The molecule has 0 saturated heterocycles. The number of nitrogens with zero attached hydrogens (tertiary/aromatic N) is 5. The summed E-state index contributed by atoms with van der Waals surface area (Å²) in [5.41, 5.74) is 4.12. The number of esters is 1. The third kappa shape index (κ3) is 4.56. The number of fused-ring (bicyclic) bond motifs is 3. The molecule has 0 unspecified atom stereocenters. The smallest absolute Gasteiger partial charge is 0.346 e. The van der Waals surface area contributed by atoms with Crippen LogP contribution >= 0.6 is 0 Å². The molecule has 0 fully saturated rings. The average molecular weight is 562 g/mol. The molecule has 0 amide bonds. The van der Waals surface area contributed by atoms with Crippen LogP contribution < -0.4 is 14.3 Å². The molecule has 0 radical (unpaired) electrons. The molecule has 1 aliphatic rings. The number of hydrogen-bond acceptors (Lipinski definition) is 9. The lowest BCUT2D eigenvalue weighted by molar-refractivity contribution is -0.146. The first kappa shape index (κ1) is 25.3. The van der Waals surface area contributed by atoms with Gasteiger partial charge in [0, 0.05) is 30.3 Å². The van der Waals surface area contributed by atoms with E-state index in [4.69, 9.17) is 19.0 Å². The highest BCUT2D eigenvalue weighted by molar-refractivity contribution is 5.98. The van der Waals surface area contributed by atoms with E-state index in [1.807, 2.05) is 54.2 Å². The molecule has 42 heavy (non-hydrogen) atoms. The van der Waals surface area contributed by atoms with Crippen molar-refractivity contribution in [3.8, 4) is 11.5 Å². The molecule has 6 aromatic rings. The van der Waals surface area contributed by atoms with Crippen molar-refractivity contribution in [2.75, 3.05) is 6.79 Å². The summed E-state index contributed by atoms with van der Waals surface area (Å²) in [5, 5.41) is 8.75. The molecule has 11 heteroatoms. The van der Waals surface area contributed by atoms with E-state index >= 15 is 0 Å². The molecule has 0 aliphatic carbocycles. The SMILES string of the molecule is Cn1cc([C@@H](C(=O)On2nnc3cccnc32)c2ccc3c(c2)OCO3)c2ccc(C(=O)OCc3ccccc3)cc21. The summed E-state index contributed by atoms with van der Waals surface area (Å²) in [5.74, 6) is -0.816. The van der Waals surface area contributed by atoms with Crippen LogP contribution in [0, 0.1) is 0 Å². The summed E-state index contributed by atoms with van der Waals surface area (Å²) in [6, 6.07) is 23.5. The maximum absolute atomic E-state index is 13.9.